The smallest absolute Gasteiger partial charge is 0.226 e. The fraction of sp³-hybridized carbons (Fsp3) is 0.769. The molecule has 0 atom stereocenters. The SMILES string of the molecule is CC(C)CC(=O)Nc1nnc(C2CCCCC2)s1. The molecule has 1 saturated carbocycles. The van der Waals surface area contributed by atoms with E-state index in [1.54, 1.807) is 11.3 Å². The van der Waals surface area contributed by atoms with E-state index in [9.17, 15) is 4.79 Å². The second-order valence-electron chi connectivity index (χ2n) is 5.43. The van der Waals surface area contributed by atoms with E-state index in [0.29, 0.717) is 23.4 Å². The number of nitrogens with one attached hydrogen (secondary N) is 1. The molecule has 0 unspecified atom stereocenters. The van der Waals surface area contributed by atoms with Crippen molar-refractivity contribution in [1.82, 2.24) is 10.2 Å². The summed E-state index contributed by atoms with van der Waals surface area (Å²) in [5.74, 6) is 0.971. The highest BCUT2D eigenvalue weighted by atomic mass is 32.1. The fourth-order valence-electron chi connectivity index (χ4n) is 2.34. The lowest BCUT2D eigenvalue weighted by Crippen LogP contribution is -2.13. The summed E-state index contributed by atoms with van der Waals surface area (Å²) in [4.78, 5) is 11.6. The van der Waals surface area contributed by atoms with Crippen LogP contribution in [0.15, 0.2) is 0 Å². The monoisotopic (exact) mass is 267 g/mol. The first-order valence-corrected chi connectivity index (χ1v) is 7.60. The molecule has 1 heterocycles. The summed E-state index contributed by atoms with van der Waals surface area (Å²) in [5, 5.41) is 12.9. The molecule has 1 fully saturated rings. The molecule has 5 heteroatoms. The van der Waals surface area contributed by atoms with Crippen LogP contribution in [0, 0.1) is 5.92 Å². The van der Waals surface area contributed by atoms with Crippen molar-refractivity contribution < 1.29 is 4.79 Å². The fourth-order valence-corrected chi connectivity index (χ4v) is 3.27. The number of nitrogens with zero attached hydrogens (tertiary/aromatic N) is 2. The van der Waals surface area contributed by atoms with Gasteiger partial charge in [-0.25, -0.2) is 0 Å². The molecule has 4 nitrogen and oxygen atoms in total. The third-order valence-electron chi connectivity index (χ3n) is 3.24. The second-order valence-corrected chi connectivity index (χ2v) is 6.44. The zero-order valence-corrected chi connectivity index (χ0v) is 11.9. The van der Waals surface area contributed by atoms with E-state index in [2.05, 4.69) is 15.5 Å². The lowest BCUT2D eigenvalue weighted by atomic mass is 9.90. The van der Waals surface area contributed by atoms with Crippen LogP contribution in [-0.4, -0.2) is 16.1 Å². The normalized spacial score (nSPS) is 17.1. The Bertz CT molecular complexity index is 397. The summed E-state index contributed by atoms with van der Waals surface area (Å²) in [5.41, 5.74) is 0. The maximum absolute atomic E-state index is 11.6. The van der Waals surface area contributed by atoms with E-state index in [1.165, 1.54) is 32.1 Å². The molecule has 0 bridgehead atoms. The minimum Gasteiger partial charge on any atom is -0.301 e. The standard InChI is InChI=1S/C13H21N3OS/c1-9(2)8-11(17)14-13-16-15-12(18-13)10-6-4-3-5-7-10/h9-10H,3-8H2,1-2H3,(H,14,16,17). The van der Waals surface area contributed by atoms with E-state index in [4.69, 9.17) is 0 Å². The highest BCUT2D eigenvalue weighted by molar-refractivity contribution is 7.15. The van der Waals surface area contributed by atoms with Gasteiger partial charge in [-0.3, -0.25) is 4.79 Å². The number of carbonyl (C=O) groups is 1. The van der Waals surface area contributed by atoms with Crippen molar-refractivity contribution in [2.45, 2.75) is 58.3 Å². The van der Waals surface area contributed by atoms with Gasteiger partial charge in [0, 0.05) is 12.3 Å². The highest BCUT2D eigenvalue weighted by Gasteiger charge is 2.20. The van der Waals surface area contributed by atoms with E-state index in [1.807, 2.05) is 13.8 Å². The topological polar surface area (TPSA) is 54.9 Å². The van der Waals surface area contributed by atoms with Crippen LogP contribution in [0.2, 0.25) is 0 Å². The molecule has 1 N–H and O–H groups in total. The molecule has 1 aromatic heterocycles. The van der Waals surface area contributed by atoms with Gasteiger partial charge in [-0.1, -0.05) is 44.4 Å². The van der Waals surface area contributed by atoms with Crippen molar-refractivity contribution >= 4 is 22.4 Å². The van der Waals surface area contributed by atoms with Gasteiger partial charge in [0.05, 0.1) is 0 Å². The Morgan fingerprint density at radius 1 is 1.33 bits per heavy atom. The van der Waals surface area contributed by atoms with Crippen molar-refractivity contribution in [1.29, 1.82) is 0 Å². The van der Waals surface area contributed by atoms with Crippen LogP contribution in [0.4, 0.5) is 5.13 Å². The Kier molecular flexibility index (Phi) is 4.69. The third kappa shape index (κ3) is 3.77. The van der Waals surface area contributed by atoms with Crippen LogP contribution in [0.25, 0.3) is 0 Å². The van der Waals surface area contributed by atoms with Gasteiger partial charge in [0.2, 0.25) is 11.0 Å². The molecule has 0 aromatic carbocycles. The second kappa shape index (κ2) is 6.27. The molecule has 18 heavy (non-hydrogen) atoms. The molecular formula is C13H21N3OS. The third-order valence-corrected chi connectivity index (χ3v) is 4.24. The lowest BCUT2D eigenvalue weighted by molar-refractivity contribution is -0.116. The first kappa shape index (κ1) is 13.5. The molecule has 0 saturated heterocycles. The van der Waals surface area contributed by atoms with Gasteiger partial charge in [-0.2, -0.15) is 0 Å². The molecule has 0 spiro atoms. The minimum absolute atomic E-state index is 0.0383. The van der Waals surface area contributed by atoms with E-state index < -0.39 is 0 Å². The number of carbonyl (C=O) groups excluding carboxylic acids is 1. The van der Waals surface area contributed by atoms with Crippen molar-refractivity contribution in [2.24, 2.45) is 5.92 Å². The number of hydrogen-bond acceptors (Lipinski definition) is 4. The number of amides is 1. The first-order valence-electron chi connectivity index (χ1n) is 6.78. The average molecular weight is 267 g/mol. The van der Waals surface area contributed by atoms with Crippen LogP contribution in [-0.2, 0) is 4.79 Å². The molecule has 1 aromatic rings. The average Bonchev–Trinajstić information content (AvgIpc) is 2.77. The molecule has 1 aliphatic carbocycles. The maximum atomic E-state index is 11.6. The summed E-state index contributed by atoms with van der Waals surface area (Å²) in [6.07, 6.45) is 6.90. The quantitative estimate of drug-likeness (QED) is 0.907. The predicted octanol–water partition coefficient (Wildman–Crippen LogP) is 3.57. The Morgan fingerprint density at radius 2 is 2.06 bits per heavy atom. The zero-order chi connectivity index (χ0) is 13.0. The van der Waals surface area contributed by atoms with Crippen LogP contribution < -0.4 is 5.32 Å². The molecule has 0 radical (unpaired) electrons. The van der Waals surface area contributed by atoms with Crippen LogP contribution in [0.5, 0.6) is 0 Å². The van der Waals surface area contributed by atoms with Crippen LogP contribution in [0.3, 0.4) is 0 Å². The zero-order valence-electron chi connectivity index (χ0n) is 11.1. The van der Waals surface area contributed by atoms with Gasteiger partial charge in [-0.15, -0.1) is 10.2 Å². The van der Waals surface area contributed by atoms with Crippen LogP contribution in [0.1, 0.15) is 63.3 Å². The number of aromatic nitrogens is 2. The Hall–Kier alpha value is -0.970. The molecule has 100 valence electrons. The Morgan fingerprint density at radius 3 is 2.72 bits per heavy atom. The highest BCUT2D eigenvalue weighted by Crippen LogP contribution is 2.35. The molecular weight excluding hydrogens is 246 g/mol. The maximum Gasteiger partial charge on any atom is 0.226 e. The van der Waals surface area contributed by atoms with Gasteiger partial charge in [0.1, 0.15) is 5.01 Å². The Balaban J connectivity index is 1.91. The van der Waals surface area contributed by atoms with Crippen LogP contribution >= 0.6 is 11.3 Å². The summed E-state index contributed by atoms with van der Waals surface area (Å²) < 4.78 is 0. The van der Waals surface area contributed by atoms with Gasteiger partial charge in [-0.05, 0) is 18.8 Å². The summed E-state index contributed by atoms with van der Waals surface area (Å²) in [6, 6.07) is 0. The largest absolute Gasteiger partial charge is 0.301 e. The van der Waals surface area contributed by atoms with Crippen molar-refractivity contribution in [2.75, 3.05) is 5.32 Å². The first-order chi connectivity index (χ1) is 8.65. The molecule has 1 amide bonds. The number of hydrogen-bond donors (Lipinski definition) is 1. The predicted molar refractivity (Wildman–Crippen MR) is 73.8 cm³/mol. The van der Waals surface area contributed by atoms with Gasteiger partial charge < -0.3 is 5.32 Å². The van der Waals surface area contributed by atoms with Crippen molar-refractivity contribution in [3.8, 4) is 0 Å². The van der Waals surface area contributed by atoms with Crippen molar-refractivity contribution in [3.63, 3.8) is 0 Å². The molecule has 2 rings (SSSR count). The van der Waals surface area contributed by atoms with Gasteiger partial charge in [0.15, 0.2) is 0 Å². The Labute approximate surface area is 112 Å². The van der Waals surface area contributed by atoms with Gasteiger partial charge >= 0.3 is 0 Å². The van der Waals surface area contributed by atoms with Crippen molar-refractivity contribution in [3.05, 3.63) is 5.01 Å². The molecule has 0 aliphatic heterocycles. The molecule has 1 aliphatic rings. The summed E-state index contributed by atoms with van der Waals surface area (Å²) in [7, 11) is 0. The van der Waals surface area contributed by atoms with E-state index in [0.717, 1.165) is 5.01 Å². The van der Waals surface area contributed by atoms with E-state index >= 15 is 0 Å². The summed E-state index contributed by atoms with van der Waals surface area (Å²) in [6.45, 7) is 4.07. The lowest BCUT2D eigenvalue weighted by Gasteiger charge is -2.18. The number of rotatable bonds is 4. The minimum atomic E-state index is 0.0383. The van der Waals surface area contributed by atoms with E-state index in [-0.39, 0.29) is 5.91 Å². The summed E-state index contributed by atoms with van der Waals surface area (Å²) >= 11 is 1.54. The van der Waals surface area contributed by atoms with Gasteiger partial charge in [0.25, 0.3) is 0 Å². The number of anilines is 1.